The van der Waals surface area contributed by atoms with Gasteiger partial charge in [0.25, 0.3) is 0 Å². The Kier molecular flexibility index (Phi) is 2.93. The molecule has 0 fully saturated rings. The van der Waals surface area contributed by atoms with Gasteiger partial charge in [-0.3, -0.25) is 4.98 Å². The topological polar surface area (TPSA) is 12.9 Å². The summed E-state index contributed by atoms with van der Waals surface area (Å²) in [6.45, 7) is 6.97. The van der Waals surface area contributed by atoms with Gasteiger partial charge in [0.05, 0.1) is 5.69 Å². The lowest BCUT2D eigenvalue weighted by Crippen LogP contribution is -2.32. The molecule has 1 atom stereocenters. The minimum absolute atomic E-state index is 0.0175. The van der Waals surface area contributed by atoms with Crippen LogP contribution in [-0.4, -0.2) is 4.98 Å². The van der Waals surface area contributed by atoms with Crippen molar-refractivity contribution < 1.29 is 0 Å². The zero-order valence-electron chi connectivity index (χ0n) is 12.0. The van der Waals surface area contributed by atoms with Crippen molar-refractivity contribution >= 4 is 0 Å². The smallest absolute Gasteiger partial charge is 0.0541 e. The number of nitrogens with zero attached hydrogens (tertiary/aromatic N) is 1. The maximum atomic E-state index is 4.75. The molecule has 0 aliphatic heterocycles. The Hall–Kier alpha value is -1.63. The molecule has 0 saturated heterocycles. The van der Waals surface area contributed by atoms with Crippen molar-refractivity contribution in [3.8, 4) is 0 Å². The second-order valence-electron chi connectivity index (χ2n) is 6.03. The molecule has 2 aromatic rings. The van der Waals surface area contributed by atoms with Crippen LogP contribution in [0.4, 0.5) is 0 Å². The molecule has 1 heterocycles. The first-order valence-electron chi connectivity index (χ1n) is 7.16. The average molecular weight is 251 g/mol. The van der Waals surface area contributed by atoms with Crippen LogP contribution in [0.1, 0.15) is 43.2 Å². The lowest BCUT2D eigenvalue weighted by atomic mass is 9.69. The predicted molar refractivity (Wildman–Crippen MR) is 79.4 cm³/mol. The van der Waals surface area contributed by atoms with E-state index in [1.54, 1.807) is 0 Å². The number of benzene rings is 1. The largest absolute Gasteiger partial charge is 0.260 e. The Bertz CT molecular complexity index is 551. The summed E-state index contributed by atoms with van der Waals surface area (Å²) in [5.74, 6) is 0.528. The minimum Gasteiger partial charge on any atom is -0.260 e. The second kappa shape index (κ2) is 4.48. The van der Waals surface area contributed by atoms with Gasteiger partial charge in [-0.15, -0.1) is 0 Å². The SMILES string of the molecule is CC(C)C1(C)c2ccccc2CCc2cccnc21. The van der Waals surface area contributed by atoms with E-state index >= 15 is 0 Å². The molecule has 0 saturated carbocycles. The van der Waals surface area contributed by atoms with Gasteiger partial charge in [-0.2, -0.15) is 0 Å². The molecule has 1 aromatic heterocycles. The molecule has 0 amide bonds. The van der Waals surface area contributed by atoms with Gasteiger partial charge in [0.2, 0.25) is 0 Å². The third-order valence-electron chi connectivity index (χ3n) is 4.78. The van der Waals surface area contributed by atoms with Gasteiger partial charge in [-0.05, 0) is 48.4 Å². The molecule has 0 radical (unpaired) electrons. The highest BCUT2D eigenvalue weighted by molar-refractivity contribution is 5.46. The normalized spacial score (nSPS) is 21.7. The summed E-state index contributed by atoms with van der Waals surface area (Å²) in [4.78, 5) is 4.75. The summed E-state index contributed by atoms with van der Waals surface area (Å²) in [6, 6.07) is 13.2. The van der Waals surface area contributed by atoms with Crippen molar-refractivity contribution in [2.75, 3.05) is 0 Å². The summed E-state index contributed by atoms with van der Waals surface area (Å²) in [5.41, 5.74) is 5.65. The van der Waals surface area contributed by atoms with Crippen LogP contribution in [0.5, 0.6) is 0 Å². The van der Waals surface area contributed by atoms with Crippen LogP contribution in [0.15, 0.2) is 42.6 Å². The molecule has 3 rings (SSSR count). The lowest BCUT2D eigenvalue weighted by Gasteiger charge is -2.35. The summed E-state index contributed by atoms with van der Waals surface area (Å²) in [7, 11) is 0. The van der Waals surface area contributed by atoms with E-state index in [0.717, 1.165) is 12.8 Å². The van der Waals surface area contributed by atoms with Crippen LogP contribution in [0.2, 0.25) is 0 Å². The Morgan fingerprint density at radius 2 is 1.68 bits per heavy atom. The zero-order valence-corrected chi connectivity index (χ0v) is 12.0. The Labute approximate surface area is 115 Å². The molecule has 0 bridgehead atoms. The molecular formula is C18H21N. The van der Waals surface area contributed by atoms with Crippen molar-refractivity contribution in [1.82, 2.24) is 4.98 Å². The Morgan fingerprint density at radius 1 is 1.00 bits per heavy atom. The van der Waals surface area contributed by atoms with Crippen molar-refractivity contribution in [1.29, 1.82) is 0 Å². The summed E-state index contributed by atoms with van der Waals surface area (Å²) < 4.78 is 0. The van der Waals surface area contributed by atoms with Crippen LogP contribution in [0.3, 0.4) is 0 Å². The predicted octanol–water partition coefficient (Wildman–Crippen LogP) is 4.14. The molecule has 98 valence electrons. The van der Waals surface area contributed by atoms with Crippen LogP contribution >= 0.6 is 0 Å². The first-order chi connectivity index (χ1) is 9.14. The quantitative estimate of drug-likeness (QED) is 0.742. The van der Waals surface area contributed by atoms with E-state index in [0.29, 0.717) is 5.92 Å². The molecule has 1 unspecified atom stereocenters. The van der Waals surface area contributed by atoms with Crippen LogP contribution in [0.25, 0.3) is 0 Å². The van der Waals surface area contributed by atoms with Gasteiger partial charge in [0, 0.05) is 11.6 Å². The van der Waals surface area contributed by atoms with Crippen molar-refractivity contribution in [3.63, 3.8) is 0 Å². The van der Waals surface area contributed by atoms with E-state index in [2.05, 4.69) is 57.2 Å². The van der Waals surface area contributed by atoms with E-state index in [9.17, 15) is 0 Å². The fourth-order valence-corrected chi connectivity index (χ4v) is 3.33. The molecule has 0 spiro atoms. The Balaban J connectivity index is 2.32. The number of hydrogen-bond acceptors (Lipinski definition) is 1. The number of hydrogen-bond donors (Lipinski definition) is 0. The summed E-state index contributed by atoms with van der Waals surface area (Å²) >= 11 is 0. The molecule has 1 aromatic carbocycles. The monoisotopic (exact) mass is 251 g/mol. The van der Waals surface area contributed by atoms with Gasteiger partial charge in [-0.25, -0.2) is 0 Å². The number of pyridine rings is 1. The maximum absolute atomic E-state index is 4.75. The van der Waals surface area contributed by atoms with E-state index in [1.165, 1.54) is 22.4 Å². The van der Waals surface area contributed by atoms with Crippen molar-refractivity contribution in [2.45, 2.75) is 39.0 Å². The molecule has 1 aliphatic rings. The molecule has 1 nitrogen and oxygen atoms in total. The highest BCUT2D eigenvalue weighted by atomic mass is 14.7. The van der Waals surface area contributed by atoms with Gasteiger partial charge in [-0.1, -0.05) is 44.2 Å². The fourth-order valence-electron chi connectivity index (χ4n) is 3.33. The van der Waals surface area contributed by atoms with Crippen LogP contribution < -0.4 is 0 Å². The third-order valence-corrected chi connectivity index (χ3v) is 4.78. The number of fused-ring (bicyclic) bond motifs is 2. The van der Waals surface area contributed by atoms with Crippen molar-refractivity contribution in [2.24, 2.45) is 5.92 Å². The fraction of sp³-hybridized carbons (Fsp3) is 0.389. The number of aryl methyl sites for hydroxylation is 2. The van der Waals surface area contributed by atoms with Gasteiger partial charge < -0.3 is 0 Å². The van der Waals surface area contributed by atoms with Crippen molar-refractivity contribution in [3.05, 3.63) is 65.0 Å². The summed E-state index contributed by atoms with van der Waals surface area (Å²) in [6.07, 6.45) is 4.16. The molecule has 19 heavy (non-hydrogen) atoms. The van der Waals surface area contributed by atoms with Crippen LogP contribution in [-0.2, 0) is 18.3 Å². The highest BCUT2D eigenvalue weighted by Crippen LogP contribution is 2.43. The van der Waals surface area contributed by atoms with Crippen LogP contribution in [0, 0.1) is 5.92 Å². The van der Waals surface area contributed by atoms with Gasteiger partial charge >= 0.3 is 0 Å². The molecule has 1 heteroatoms. The highest BCUT2D eigenvalue weighted by Gasteiger charge is 2.38. The first-order valence-corrected chi connectivity index (χ1v) is 7.16. The standard InChI is InChI=1S/C18H21N/c1-13(2)18(3)16-9-5-4-7-14(16)10-11-15-8-6-12-19-17(15)18/h4-9,12-13H,10-11H2,1-3H3. The van der Waals surface area contributed by atoms with Gasteiger partial charge in [0.15, 0.2) is 0 Å². The molecule has 1 aliphatic carbocycles. The number of rotatable bonds is 1. The lowest BCUT2D eigenvalue weighted by molar-refractivity contribution is 0.393. The maximum Gasteiger partial charge on any atom is 0.0541 e. The molecular weight excluding hydrogens is 230 g/mol. The second-order valence-corrected chi connectivity index (χ2v) is 6.03. The van der Waals surface area contributed by atoms with E-state index in [-0.39, 0.29) is 5.41 Å². The van der Waals surface area contributed by atoms with E-state index < -0.39 is 0 Å². The minimum atomic E-state index is 0.0175. The third kappa shape index (κ3) is 1.80. The average Bonchev–Trinajstić information content (AvgIpc) is 2.56. The first kappa shape index (κ1) is 12.4. The summed E-state index contributed by atoms with van der Waals surface area (Å²) in [5, 5.41) is 0. The van der Waals surface area contributed by atoms with Gasteiger partial charge in [0.1, 0.15) is 0 Å². The number of aromatic nitrogens is 1. The van der Waals surface area contributed by atoms with E-state index in [4.69, 9.17) is 4.98 Å². The van der Waals surface area contributed by atoms with E-state index in [1.807, 2.05) is 6.20 Å². The zero-order chi connectivity index (χ0) is 13.5. The molecule has 0 N–H and O–H groups in total. The Morgan fingerprint density at radius 3 is 2.47 bits per heavy atom.